The van der Waals surface area contributed by atoms with Crippen molar-refractivity contribution < 1.29 is 18.7 Å². The van der Waals surface area contributed by atoms with Crippen LogP contribution in [0.5, 0.6) is 5.75 Å². The zero-order valence-corrected chi connectivity index (χ0v) is 11.9. The van der Waals surface area contributed by atoms with Crippen LogP contribution in [-0.4, -0.2) is 44.2 Å². The Labute approximate surface area is 122 Å². The van der Waals surface area contributed by atoms with E-state index in [-0.39, 0.29) is 5.91 Å². The first kappa shape index (κ1) is 13.7. The third-order valence-corrected chi connectivity index (χ3v) is 3.46. The van der Waals surface area contributed by atoms with Crippen LogP contribution in [0.4, 0.5) is 0 Å². The Morgan fingerprint density at radius 3 is 2.90 bits per heavy atom. The van der Waals surface area contributed by atoms with Gasteiger partial charge in [-0.1, -0.05) is 12.1 Å². The molecule has 3 rings (SSSR count). The topological polar surface area (TPSA) is 51.9 Å². The number of amides is 1. The average Bonchev–Trinajstić information content (AvgIpc) is 2.96. The molecule has 5 nitrogen and oxygen atoms in total. The van der Waals surface area contributed by atoms with E-state index in [0.29, 0.717) is 43.4 Å². The van der Waals surface area contributed by atoms with Crippen LogP contribution >= 0.6 is 0 Å². The standard InChI is InChI=1S/C16H17NO4/c1-19-14-4-2-3-12-11-13(21-16(12)14)5-6-15(18)17-7-9-20-10-8-17/h2-6,11H,7-10H2,1H3. The quantitative estimate of drug-likeness (QED) is 0.813. The molecule has 21 heavy (non-hydrogen) atoms. The first-order valence-electron chi connectivity index (χ1n) is 6.89. The number of rotatable bonds is 3. The van der Waals surface area contributed by atoms with Crippen molar-refractivity contribution in [3.8, 4) is 5.75 Å². The van der Waals surface area contributed by atoms with Crippen molar-refractivity contribution in [2.75, 3.05) is 33.4 Å². The Morgan fingerprint density at radius 1 is 1.33 bits per heavy atom. The van der Waals surface area contributed by atoms with Gasteiger partial charge in [-0.05, 0) is 18.2 Å². The lowest BCUT2D eigenvalue weighted by Gasteiger charge is -2.25. The molecule has 1 saturated heterocycles. The molecule has 0 atom stereocenters. The van der Waals surface area contributed by atoms with Crippen molar-refractivity contribution in [1.29, 1.82) is 0 Å². The number of furan rings is 1. The van der Waals surface area contributed by atoms with E-state index < -0.39 is 0 Å². The molecule has 2 aromatic rings. The molecule has 2 heterocycles. The van der Waals surface area contributed by atoms with Crippen LogP contribution in [0.15, 0.2) is 34.8 Å². The lowest BCUT2D eigenvalue weighted by atomic mass is 10.2. The number of morpholine rings is 1. The number of carbonyl (C=O) groups is 1. The van der Waals surface area contributed by atoms with E-state index in [1.165, 1.54) is 6.08 Å². The lowest BCUT2D eigenvalue weighted by molar-refractivity contribution is -0.129. The number of benzene rings is 1. The number of hydrogen-bond donors (Lipinski definition) is 0. The summed E-state index contributed by atoms with van der Waals surface area (Å²) in [7, 11) is 1.61. The molecule has 0 radical (unpaired) electrons. The van der Waals surface area contributed by atoms with Crippen molar-refractivity contribution in [1.82, 2.24) is 4.90 Å². The minimum Gasteiger partial charge on any atom is -0.493 e. The molecular weight excluding hydrogens is 270 g/mol. The van der Waals surface area contributed by atoms with Crippen LogP contribution in [0.25, 0.3) is 17.0 Å². The van der Waals surface area contributed by atoms with Crippen LogP contribution in [0.1, 0.15) is 5.76 Å². The zero-order valence-electron chi connectivity index (χ0n) is 11.9. The maximum absolute atomic E-state index is 12.0. The Morgan fingerprint density at radius 2 is 2.14 bits per heavy atom. The van der Waals surface area contributed by atoms with Crippen molar-refractivity contribution in [3.63, 3.8) is 0 Å². The zero-order chi connectivity index (χ0) is 14.7. The molecular formula is C16H17NO4. The van der Waals surface area contributed by atoms with Gasteiger partial charge in [-0.3, -0.25) is 4.79 Å². The van der Waals surface area contributed by atoms with Crippen LogP contribution in [0.2, 0.25) is 0 Å². The summed E-state index contributed by atoms with van der Waals surface area (Å²) in [5, 5.41) is 0.952. The summed E-state index contributed by atoms with van der Waals surface area (Å²) in [6.07, 6.45) is 3.23. The van der Waals surface area contributed by atoms with Crippen molar-refractivity contribution in [2.45, 2.75) is 0 Å². The van der Waals surface area contributed by atoms with Crippen molar-refractivity contribution >= 4 is 23.0 Å². The fraction of sp³-hybridized carbons (Fsp3) is 0.312. The molecule has 1 aliphatic heterocycles. The maximum Gasteiger partial charge on any atom is 0.246 e. The van der Waals surface area contributed by atoms with Gasteiger partial charge in [0, 0.05) is 24.6 Å². The molecule has 1 aromatic heterocycles. The highest BCUT2D eigenvalue weighted by molar-refractivity contribution is 5.92. The average molecular weight is 287 g/mol. The fourth-order valence-electron chi connectivity index (χ4n) is 2.34. The number of methoxy groups -OCH3 is 1. The van der Waals surface area contributed by atoms with Gasteiger partial charge in [0.15, 0.2) is 11.3 Å². The van der Waals surface area contributed by atoms with Gasteiger partial charge in [0.05, 0.1) is 20.3 Å². The van der Waals surface area contributed by atoms with Gasteiger partial charge < -0.3 is 18.8 Å². The Hall–Kier alpha value is -2.27. The summed E-state index contributed by atoms with van der Waals surface area (Å²) < 4.78 is 16.2. The summed E-state index contributed by atoms with van der Waals surface area (Å²) in [5.74, 6) is 1.30. The highest BCUT2D eigenvalue weighted by Gasteiger charge is 2.14. The summed E-state index contributed by atoms with van der Waals surface area (Å²) in [5.41, 5.74) is 0.693. The summed E-state index contributed by atoms with van der Waals surface area (Å²) in [6, 6.07) is 7.59. The molecule has 1 aliphatic rings. The summed E-state index contributed by atoms with van der Waals surface area (Å²) in [6.45, 7) is 2.47. The smallest absolute Gasteiger partial charge is 0.246 e. The van der Waals surface area contributed by atoms with Crippen LogP contribution in [0, 0.1) is 0 Å². The number of ether oxygens (including phenoxy) is 2. The normalized spacial score (nSPS) is 15.8. The van der Waals surface area contributed by atoms with E-state index >= 15 is 0 Å². The predicted molar refractivity (Wildman–Crippen MR) is 79.2 cm³/mol. The second-order valence-electron chi connectivity index (χ2n) is 4.80. The highest BCUT2D eigenvalue weighted by Crippen LogP contribution is 2.28. The second-order valence-corrected chi connectivity index (χ2v) is 4.80. The SMILES string of the molecule is COc1cccc2cc(C=CC(=O)N3CCOCC3)oc12. The van der Waals surface area contributed by atoms with Gasteiger partial charge in [0.1, 0.15) is 5.76 Å². The van der Waals surface area contributed by atoms with Crippen LogP contribution in [0.3, 0.4) is 0 Å². The molecule has 1 aromatic carbocycles. The Balaban J connectivity index is 1.78. The number of hydrogen-bond acceptors (Lipinski definition) is 4. The third kappa shape index (κ3) is 2.92. The van der Waals surface area contributed by atoms with Gasteiger partial charge in [0.25, 0.3) is 0 Å². The van der Waals surface area contributed by atoms with E-state index in [1.54, 1.807) is 18.1 Å². The number of fused-ring (bicyclic) bond motifs is 1. The van der Waals surface area contributed by atoms with E-state index in [4.69, 9.17) is 13.9 Å². The molecule has 0 saturated carbocycles. The van der Waals surface area contributed by atoms with Crippen molar-refractivity contribution in [2.24, 2.45) is 0 Å². The Bertz CT molecular complexity index is 668. The summed E-state index contributed by atoms with van der Waals surface area (Å²) >= 11 is 0. The molecule has 0 unspecified atom stereocenters. The van der Waals surface area contributed by atoms with Crippen LogP contribution < -0.4 is 4.74 Å². The molecule has 0 spiro atoms. The molecule has 0 bridgehead atoms. The molecule has 1 amide bonds. The minimum atomic E-state index is -0.0225. The van der Waals surface area contributed by atoms with Crippen molar-refractivity contribution in [3.05, 3.63) is 36.1 Å². The van der Waals surface area contributed by atoms with Gasteiger partial charge >= 0.3 is 0 Å². The van der Waals surface area contributed by atoms with E-state index in [1.807, 2.05) is 24.3 Å². The van der Waals surface area contributed by atoms with Crippen LogP contribution in [-0.2, 0) is 9.53 Å². The molecule has 0 N–H and O–H groups in total. The number of para-hydroxylation sites is 1. The molecule has 110 valence electrons. The van der Waals surface area contributed by atoms with E-state index in [9.17, 15) is 4.79 Å². The number of nitrogens with zero attached hydrogens (tertiary/aromatic N) is 1. The first-order chi connectivity index (χ1) is 10.3. The Kier molecular flexibility index (Phi) is 3.92. The van der Waals surface area contributed by atoms with Gasteiger partial charge in [-0.15, -0.1) is 0 Å². The summed E-state index contributed by atoms with van der Waals surface area (Å²) in [4.78, 5) is 13.8. The van der Waals surface area contributed by atoms with Gasteiger partial charge in [-0.2, -0.15) is 0 Å². The highest BCUT2D eigenvalue weighted by atomic mass is 16.5. The molecule has 1 fully saturated rings. The van der Waals surface area contributed by atoms with Gasteiger partial charge in [0.2, 0.25) is 5.91 Å². The second kappa shape index (κ2) is 6.01. The van der Waals surface area contributed by atoms with E-state index in [2.05, 4.69) is 0 Å². The largest absolute Gasteiger partial charge is 0.493 e. The van der Waals surface area contributed by atoms with E-state index in [0.717, 1.165) is 5.39 Å². The van der Waals surface area contributed by atoms with Gasteiger partial charge in [-0.25, -0.2) is 0 Å². The molecule has 5 heteroatoms. The number of carbonyl (C=O) groups excluding carboxylic acids is 1. The predicted octanol–water partition coefficient (Wildman–Crippen LogP) is 2.31. The first-order valence-corrected chi connectivity index (χ1v) is 6.89. The minimum absolute atomic E-state index is 0.0225. The molecule has 0 aliphatic carbocycles. The third-order valence-electron chi connectivity index (χ3n) is 3.46. The monoisotopic (exact) mass is 287 g/mol. The maximum atomic E-state index is 12.0. The fourth-order valence-corrected chi connectivity index (χ4v) is 2.34. The lowest BCUT2D eigenvalue weighted by Crippen LogP contribution is -2.39.